The molecule has 1 aliphatic carbocycles. The number of hydrogen-bond acceptors (Lipinski definition) is 4. The maximum Gasteiger partial charge on any atom is 0.325 e. The van der Waals surface area contributed by atoms with E-state index in [9.17, 15) is 14.4 Å². The zero-order valence-electron chi connectivity index (χ0n) is 18.1. The van der Waals surface area contributed by atoms with Gasteiger partial charge in [-0.2, -0.15) is 0 Å². The first-order chi connectivity index (χ1) is 15.5. The number of urea groups is 1. The van der Waals surface area contributed by atoms with Gasteiger partial charge in [0.05, 0.1) is 6.54 Å². The summed E-state index contributed by atoms with van der Waals surface area (Å²) in [5, 5.41) is 3.55. The molecule has 2 heterocycles. The van der Waals surface area contributed by atoms with E-state index in [1.165, 1.54) is 37.7 Å². The lowest BCUT2D eigenvalue weighted by Gasteiger charge is -2.22. The fraction of sp³-hybridized carbons (Fsp3) is 0.346. The van der Waals surface area contributed by atoms with Gasteiger partial charge in [-0.15, -0.1) is 0 Å². The lowest BCUT2D eigenvalue weighted by atomic mass is 9.84. The summed E-state index contributed by atoms with van der Waals surface area (Å²) in [6, 6.07) is 16.2. The van der Waals surface area contributed by atoms with E-state index in [0.29, 0.717) is 22.8 Å². The van der Waals surface area contributed by atoms with Crippen molar-refractivity contribution in [2.45, 2.75) is 50.5 Å². The minimum atomic E-state index is -1.35. The number of Topliss-reactive ketones (excluding diaryl/α,β-unsaturated/α-hetero) is 1. The number of fused-ring (bicyclic) bond motifs is 1. The molecule has 0 radical (unpaired) electrons. The Bertz CT molecular complexity index is 1160. The normalized spacial score (nSPS) is 21.8. The molecule has 1 aromatic heterocycles. The fourth-order valence-electron chi connectivity index (χ4n) is 4.85. The van der Waals surface area contributed by atoms with E-state index in [1.807, 2.05) is 48.5 Å². The number of furan rings is 1. The number of nitrogens with zero attached hydrogens (tertiary/aromatic N) is 1. The van der Waals surface area contributed by atoms with E-state index in [2.05, 4.69) is 5.32 Å². The van der Waals surface area contributed by atoms with Crippen LogP contribution in [0.3, 0.4) is 0 Å². The standard InChI is InChI=1S/C26H26N2O4/c1-26(23-15-20-9-5-6-10-22(20)32-23)24(30)28(25(31)27-26)16-21(29)19-13-11-18(12-14-19)17-7-3-2-4-8-17/h5-6,9-15,17H,2-4,7-8,16H2,1H3,(H,27,31)/t26-/m0/s1. The molecule has 1 saturated carbocycles. The van der Waals surface area contributed by atoms with Crippen molar-refractivity contribution >= 4 is 28.7 Å². The Kier molecular flexibility index (Phi) is 5.08. The topological polar surface area (TPSA) is 79.6 Å². The highest BCUT2D eigenvalue weighted by Crippen LogP contribution is 2.34. The van der Waals surface area contributed by atoms with Crippen LogP contribution in [0.25, 0.3) is 11.0 Å². The molecule has 2 aromatic carbocycles. The van der Waals surface area contributed by atoms with Gasteiger partial charge >= 0.3 is 6.03 Å². The van der Waals surface area contributed by atoms with E-state index in [-0.39, 0.29) is 12.3 Å². The van der Waals surface area contributed by atoms with Crippen molar-refractivity contribution in [2.24, 2.45) is 0 Å². The number of ketones is 1. The molecule has 1 saturated heterocycles. The maximum absolute atomic E-state index is 13.2. The molecule has 0 bridgehead atoms. The highest BCUT2D eigenvalue weighted by molar-refractivity contribution is 6.11. The quantitative estimate of drug-likeness (QED) is 0.449. The van der Waals surface area contributed by atoms with Crippen molar-refractivity contribution in [1.29, 1.82) is 0 Å². The molecule has 164 valence electrons. The maximum atomic E-state index is 13.2. The van der Waals surface area contributed by atoms with Gasteiger partial charge in [0.1, 0.15) is 11.3 Å². The molecule has 1 N–H and O–H groups in total. The molecule has 6 heteroatoms. The number of carbonyl (C=O) groups is 3. The Hall–Kier alpha value is -3.41. The summed E-state index contributed by atoms with van der Waals surface area (Å²) in [4.78, 5) is 39.6. The van der Waals surface area contributed by atoms with Crippen LogP contribution in [0.2, 0.25) is 0 Å². The predicted molar refractivity (Wildman–Crippen MR) is 120 cm³/mol. The SMILES string of the molecule is C[C@@]1(c2cc3ccccc3o2)NC(=O)N(CC(=O)c2ccc(C3CCCCC3)cc2)C1=O. The van der Waals surface area contributed by atoms with E-state index >= 15 is 0 Å². The molecule has 3 amide bonds. The molecule has 0 spiro atoms. The first-order valence-corrected chi connectivity index (χ1v) is 11.2. The summed E-state index contributed by atoms with van der Waals surface area (Å²) in [5.74, 6) is 0.151. The van der Waals surface area contributed by atoms with Gasteiger partial charge in [0.2, 0.25) is 0 Å². The summed E-state index contributed by atoms with van der Waals surface area (Å²) >= 11 is 0. The van der Waals surface area contributed by atoms with Crippen molar-refractivity contribution in [3.8, 4) is 0 Å². The van der Waals surface area contributed by atoms with Gasteiger partial charge < -0.3 is 9.73 Å². The van der Waals surface area contributed by atoms with Crippen LogP contribution >= 0.6 is 0 Å². The van der Waals surface area contributed by atoms with E-state index < -0.39 is 17.5 Å². The number of benzene rings is 2. The van der Waals surface area contributed by atoms with Crippen LogP contribution in [-0.4, -0.2) is 29.2 Å². The Balaban J connectivity index is 1.32. The molecule has 1 aliphatic heterocycles. The monoisotopic (exact) mass is 430 g/mol. The summed E-state index contributed by atoms with van der Waals surface area (Å²) in [6.45, 7) is 1.30. The molecular formula is C26H26N2O4. The first-order valence-electron chi connectivity index (χ1n) is 11.2. The van der Waals surface area contributed by atoms with E-state index in [1.54, 1.807) is 13.0 Å². The molecule has 2 fully saturated rings. The highest BCUT2D eigenvalue weighted by Gasteiger charge is 2.51. The number of nitrogens with one attached hydrogen (secondary N) is 1. The smallest absolute Gasteiger partial charge is 0.325 e. The Morgan fingerprint density at radius 3 is 2.50 bits per heavy atom. The van der Waals surface area contributed by atoms with Crippen LogP contribution in [-0.2, 0) is 10.3 Å². The molecule has 5 rings (SSSR count). The minimum absolute atomic E-state index is 0.266. The number of amides is 3. The minimum Gasteiger partial charge on any atom is -0.458 e. The van der Waals surface area contributed by atoms with Crippen LogP contribution in [0.15, 0.2) is 59.0 Å². The summed E-state index contributed by atoms with van der Waals surface area (Å²) in [5.41, 5.74) is 1.05. The largest absolute Gasteiger partial charge is 0.458 e. The molecule has 2 aliphatic rings. The van der Waals surface area contributed by atoms with Crippen LogP contribution < -0.4 is 5.32 Å². The predicted octanol–water partition coefficient (Wildman–Crippen LogP) is 5.13. The van der Waals surface area contributed by atoms with Crippen molar-refractivity contribution < 1.29 is 18.8 Å². The van der Waals surface area contributed by atoms with Crippen molar-refractivity contribution in [1.82, 2.24) is 10.2 Å². The number of para-hydroxylation sites is 1. The second-order valence-electron chi connectivity index (χ2n) is 8.98. The molecule has 6 nitrogen and oxygen atoms in total. The van der Waals surface area contributed by atoms with Gasteiger partial charge in [-0.3, -0.25) is 14.5 Å². The summed E-state index contributed by atoms with van der Waals surface area (Å²) in [6.07, 6.45) is 6.18. The van der Waals surface area contributed by atoms with Gasteiger partial charge in [-0.25, -0.2) is 4.79 Å². The molecular weight excluding hydrogens is 404 g/mol. The number of rotatable bonds is 5. The van der Waals surface area contributed by atoms with E-state index in [4.69, 9.17) is 4.42 Å². The average molecular weight is 431 g/mol. The van der Waals surface area contributed by atoms with Crippen molar-refractivity contribution in [3.63, 3.8) is 0 Å². The lowest BCUT2D eigenvalue weighted by Crippen LogP contribution is -2.41. The highest BCUT2D eigenvalue weighted by atomic mass is 16.3. The Labute approximate surface area is 186 Å². The third kappa shape index (κ3) is 3.49. The van der Waals surface area contributed by atoms with Gasteiger partial charge in [-0.05, 0) is 43.4 Å². The van der Waals surface area contributed by atoms with Gasteiger partial charge in [-0.1, -0.05) is 61.7 Å². The van der Waals surface area contributed by atoms with Gasteiger partial charge in [0, 0.05) is 10.9 Å². The van der Waals surface area contributed by atoms with Crippen LogP contribution in [0.5, 0.6) is 0 Å². The molecule has 32 heavy (non-hydrogen) atoms. The van der Waals surface area contributed by atoms with Gasteiger partial charge in [0.25, 0.3) is 5.91 Å². The first kappa shape index (κ1) is 20.5. The number of imide groups is 1. The number of hydrogen-bond donors (Lipinski definition) is 1. The zero-order chi connectivity index (χ0) is 22.3. The summed E-state index contributed by atoms with van der Waals surface area (Å²) in [7, 11) is 0. The second kappa shape index (κ2) is 7.93. The van der Waals surface area contributed by atoms with Crippen molar-refractivity contribution in [2.75, 3.05) is 6.54 Å². The Morgan fingerprint density at radius 1 is 1.06 bits per heavy atom. The van der Waals surface area contributed by atoms with Crippen LogP contribution in [0.4, 0.5) is 4.79 Å². The number of carbonyl (C=O) groups excluding carboxylic acids is 3. The fourth-order valence-corrected chi connectivity index (χ4v) is 4.85. The third-order valence-electron chi connectivity index (χ3n) is 6.80. The Morgan fingerprint density at radius 2 is 1.78 bits per heavy atom. The molecule has 1 atom stereocenters. The average Bonchev–Trinajstić information content (AvgIpc) is 3.35. The van der Waals surface area contributed by atoms with Crippen LogP contribution in [0, 0.1) is 0 Å². The summed E-state index contributed by atoms with van der Waals surface area (Å²) < 4.78 is 5.84. The third-order valence-corrected chi connectivity index (χ3v) is 6.80. The van der Waals surface area contributed by atoms with Crippen molar-refractivity contribution in [3.05, 3.63) is 71.5 Å². The second-order valence-corrected chi connectivity index (χ2v) is 8.98. The van der Waals surface area contributed by atoms with Crippen LogP contribution in [0.1, 0.15) is 66.6 Å². The lowest BCUT2D eigenvalue weighted by molar-refractivity contribution is -0.131. The molecule has 3 aromatic rings. The van der Waals surface area contributed by atoms with E-state index in [0.717, 1.165) is 10.3 Å². The van der Waals surface area contributed by atoms with Gasteiger partial charge in [0.15, 0.2) is 11.3 Å². The molecule has 0 unspecified atom stereocenters. The zero-order valence-corrected chi connectivity index (χ0v) is 18.1.